The fourth-order valence-corrected chi connectivity index (χ4v) is 4.06. The Morgan fingerprint density at radius 3 is 2.55 bits per heavy atom. The van der Waals surface area contributed by atoms with Gasteiger partial charge in [-0.2, -0.15) is 13.2 Å². The number of carbonyl (C=O) groups excluding carboxylic acids is 2. The van der Waals surface area contributed by atoms with Gasteiger partial charge in [0.25, 0.3) is 0 Å². The van der Waals surface area contributed by atoms with Crippen LogP contribution in [0.15, 0.2) is 48.5 Å². The van der Waals surface area contributed by atoms with Crippen LogP contribution in [0.1, 0.15) is 35.6 Å². The van der Waals surface area contributed by atoms with Crippen molar-refractivity contribution >= 4 is 17.5 Å². The number of hydrogen-bond donors (Lipinski definition) is 0. The number of alkyl halides is 3. The van der Waals surface area contributed by atoms with Crippen LogP contribution in [0.4, 0.5) is 18.9 Å². The predicted octanol–water partition coefficient (Wildman–Crippen LogP) is 3.97. The summed E-state index contributed by atoms with van der Waals surface area (Å²) in [5, 5.41) is 0. The molecule has 31 heavy (non-hydrogen) atoms. The Hall–Kier alpha value is -2.87. The van der Waals surface area contributed by atoms with E-state index < -0.39 is 17.8 Å². The van der Waals surface area contributed by atoms with Crippen molar-refractivity contribution in [3.8, 4) is 0 Å². The summed E-state index contributed by atoms with van der Waals surface area (Å²) in [5.74, 6) is -0.281. The maximum atomic E-state index is 13.0. The van der Waals surface area contributed by atoms with E-state index in [9.17, 15) is 22.8 Å². The van der Waals surface area contributed by atoms with Crippen LogP contribution in [0.25, 0.3) is 0 Å². The monoisotopic (exact) mass is 432 g/mol. The zero-order valence-electron chi connectivity index (χ0n) is 16.9. The molecule has 2 amide bonds. The highest BCUT2D eigenvalue weighted by Crippen LogP contribution is 2.31. The van der Waals surface area contributed by atoms with E-state index in [1.165, 1.54) is 12.1 Å². The molecule has 4 rings (SSSR count). The quantitative estimate of drug-likeness (QED) is 0.738. The number of ether oxygens (including phenoxy) is 1. The summed E-state index contributed by atoms with van der Waals surface area (Å²) in [6.07, 6.45) is -2.98. The summed E-state index contributed by atoms with van der Waals surface area (Å²) in [5.41, 5.74) is 1.68. The lowest BCUT2D eigenvalue weighted by Crippen LogP contribution is -2.48. The maximum Gasteiger partial charge on any atom is 0.416 e. The number of para-hydroxylation sites is 1. The number of hydrogen-bond acceptors (Lipinski definition) is 3. The Morgan fingerprint density at radius 1 is 1.06 bits per heavy atom. The Morgan fingerprint density at radius 2 is 1.81 bits per heavy atom. The molecule has 5 nitrogen and oxygen atoms in total. The number of amides is 2. The van der Waals surface area contributed by atoms with Crippen LogP contribution in [0, 0.1) is 0 Å². The Labute approximate surface area is 178 Å². The van der Waals surface area contributed by atoms with Crippen LogP contribution in [0.2, 0.25) is 0 Å². The Bertz CT molecular complexity index is 959. The Kier molecular flexibility index (Phi) is 6.00. The number of halogens is 3. The van der Waals surface area contributed by atoms with Crippen LogP contribution in [-0.2, 0) is 26.9 Å². The van der Waals surface area contributed by atoms with Crippen molar-refractivity contribution in [3.63, 3.8) is 0 Å². The van der Waals surface area contributed by atoms with Crippen molar-refractivity contribution in [3.05, 3.63) is 65.2 Å². The minimum Gasteiger partial charge on any atom is -0.370 e. The lowest BCUT2D eigenvalue weighted by atomic mass is 10.0. The van der Waals surface area contributed by atoms with Gasteiger partial charge in [0.2, 0.25) is 11.8 Å². The highest BCUT2D eigenvalue weighted by atomic mass is 19.4. The highest BCUT2D eigenvalue weighted by Gasteiger charge is 2.32. The van der Waals surface area contributed by atoms with E-state index in [2.05, 4.69) is 0 Å². The second-order valence-electron chi connectivity index (χ2n) is 7.78. The van der Waals surface area contributed by atoms with E-state index in [4.69, 9.17) is 4.74 Å². The molecule has 0 unspecified atom stereocenters. The summed E-state index contributed by atoms with van der Waals surface area (Å²) in [4.78, 5) is 28.8. The first-order valence-corrected chi connectivity index (χ1v) is 10.3. The molecule has 2 aromatic carbocycles. The molecule has 164 valence electrons. The van der Waals surface area contributed by atoms with Gasteiger partial charge in [-0.25, -0.2) is 0 Å². The van der Waals surface area contributed by atoms with Gasteiger partial charge in [0.1, 0.15) is 12.6 Å². The third-order valence-corrected chi connectivity index (χ3v) is 5.74. The summed E-state index contributed by atoms with van der Waals surface area (Å²) in [6.45, 7) is 0.824. The molecule has 2 aromatic rings. The van der Waals surface area contributed by atoms with Crippen LogP contribution in [-0.4, -0.2) is 43.0 Å². The van der Waals surface area contributed by atoms with Crippen molar-refractivity contribution in [2.45, 2.75) is 31.5 Å². The van der Waals surface area contributed by atoms with E-state index in [1.54, 1.807) is 9.80 Å². The summed E-state index contributed by atoms with van der Waals surface area (Å²) in [7, 11) is 0. The van der Waals surface area contributed by atoms with Crippen LogP contribution >= 0.6 is 0 Å². The van der Waals surface area contributed by atoms with E-state index in [-0.39, 0.29) is 31.5 Å². The van der Waals surface area contributed by atoms with Crippen molar-refractivity contribution < 1.29 is 27.5 Å². The minimum absolute atomic E-state index is 0.0599. The minimum atomic E-state index is -4.40. The SMILES string of the molecule is O=C(CN1C(=O)CCCc2ccccc21)N1CCO[C@@H](c2ccc(C(F)(F)F)cc2)C1. The van der Waals surface area contributed by atoms with E-state index >= 15 is 0 Å². The first kappa shape index (κ1) is 21.4. The molecule has 0 N–H and O–H groups in total. The average Bonchev–Trinajstić information content (AvgIpc) is 2.92. The molecule has 2 heterocycles. The smallest absolute Gasteiger partial charge is 0.370 e. The number of fused-ring (bicyclic) bond motifs is 1. The summed E-state index contributed by atoms with van der Waals surface area (Å²) in [6, 6.07) is 12.4. The van der Waals surface area contributed by atoms with Gasteiger partial charge in [0, 0.05) is 18.7 Å². The fraction of sp³-hybridized carbons (Fsp3) is 0.391. The van der Waals surface area contributed by atoms with Gasteiger partial charge in [-0.3, -0.25) is 9.59 Å². The van der Waals surface area contributed by atoms with Crippen LogP contribution < -0.4 is 4.90 Å². The van der Waals surface area contributed by atoms with Gasteiger partial charge in [-0.05, 0) is 42.2 Å². The summed E-state index contributed by atoms with van der Waals surface area (Å²) < 4.78 is 44.1. The molecule has 8 heteroatoms. The third-order valence-electron chi connectivity index (χ3n) is 5.74. The van der Waals surface area contributed by atoms with Gasteiger partial charge in [0.05, 0.1) is 18.7 Å². The number of benzene rings is 2. The number of rotatable bonds is 3. The normalized spacial score (nSPS) is 19.7. The number of morpholine rings is 1. The Balaban J connectivity index is 1.46. The standard InChI is InChI=1S/C23H23F3N2O3/c24-23(25,26)18-10-8-17(9-11-18)20-14-27(12-13-31-20)22(30)15-28-19-6-2-1-4-16(19)5-3-7-21(28)29/h1-2,4,6,8-11,20H,3,5,7,12-15H2/t20-/m1/s1. The molecule has 0 spiro atoms. The van der Waals surface area contributed by atoms with Crippen LogP contribution in [0.5, 0.6) is 0 Å². The lowest BCUT2D eigenvalue weighted by molar-refractivity contribution is -0.138. The number of carbonyl (C=O) groups is 2. The molecule has 1 atom stereocenters. The maximum absolute atomic E-state index is 13.0. The molecule has 0 bridgehead atoms. The fourth-order valence-electron chi connectivity index (χ4n) is 4.06. The van der Waals surface area contributed by atoms with Gasteiger partial charge in [0.15, 0.2) is 0 Å². The molecule has 2 aliphatic rings. The average molecular weight is 432 g/mol. The van der Waals surface area contributed by atoms with E-state index in [1.807, 2.05) is 24.3 Å². The molecule has 0 radical (unpaired) electrons. The first-order chi connectivity index (χ1) is 14.8. The van der Waals surface area contributed by atoms with Crippen molar-refractivity contribution in [1.82, 2.24) is 4.90 Å². The second-order valence-corrected chi connectivity index (χ2v) is 7.78. The zero-order chi connectivity index (χ0) is 22.0. The highest BCUT2D eigenvalue weighted by molar-refractivity contribution is 5.99. The molecule has 1 fully saturated rings. The van der Waals surface area contributed by atoms with Crippen molar-refractivity contribution in [1.29, 1.82) is 0 Å². The molecular weight excluding hydrogens is 409 g/mol. The number of anilines is 1. The zero-order valence-corrected chi connectivity index (χ0v) is 16.9. The third kappa shape index (κ3) is 4.74. The lowest BCUT2D eigenvalue weighted by Gasteiger charge is -2.34. The summed E-state index contributed by atoms with van der Waals surface area (Å²) >= 11 is 0. The molecule has 2 aliphatic heterocycles. The van der Waals surface area contributed by atoms with Crippen LogP contribution in [0.3, 0.4) is 0 Å². The second kappa shape index (κ2) is 8.70. The van der Waals surface area contributed by atoms with E-state index in [0.717, 1.165) is 36.2 Å². The largest absolute Gasteiger partial charge is 0.416 e. The molecule has 0 saturated carbocycles. The van der Waals surface area contributed by atoms with Gasteiger partial charge in [-0.1, -0.05) is 30.3 Å². The number of aryl methyl sites for hydroxylation is 1. The van der Waals surface area contributed by atoms with Gasteiger partial charge < -0.3 is 14.5 Å². The van der Waals surface area contributed by atoms with E-state index in [0.29, 0.717) is 18.5 Å². The first-order valence-electron chi connectivity index (χ1n) is 10.3. The van der Waals surface area contributed by atoms with Gasteiger partial charge >= 0.3 is 6.18 Å². The molecule has 1 saturated heterocycles. The molecule has 0 aromatic heterocycles. The van der Waals surface area contributed by atoms with Gasteiger partial charge in [-0.15, -0.1) is 0 Å². The number of nitrogens with zero attached hydrogens (tertiary/aromatic N) is 2. The molecular formula is C23H23F3N2O3. The molecule has 0 aliphatic carbocycles. The van der Waals surface area contributed by atoms with Crippen molar-refractivity contribution in [2.75, 3.05) is 31.1 Å². The topological polar surface area (TPSA) is 49.9 Å². The van der Waals surface area contributed by atoms with Crippen molar-refractivity contribution in [2.24, 2.45) is 0 Å². The predicted molar refractivity (Wildman–Crippen MR) is 108 cm³/mol.